The summed E-state index contributed by atoms with van der Waals surface area (Å²) < 4.78 is 0. The molecule has 0 amide bonds. The van der Waals surface area contributed by atoms with E-state index in [1.165, 1.54) is 0 Å². The predicted octanol–water partition coefficient (Wildman–Crippen LogP) is 2.21. The van der Waals surface area contributed by atoms with E-state index in [0.29, 0.717) is 11.5 Å². The van der Waals surface area contributed by atoms with E-state index in [4.69, 9.17) is 5.11 Å². The van der Waals surface area contributed by atoms with Crippen LogP contribution in [0, 0.1) is 5.92 Å². The summed E-state index contributed by atoms with van der Waals surface area (Å²) in [6.45, 7) is 4.03. The highest BCUT2D eigenvalue weighted by Gasteiger charge is 2.19. The van der Waals surface area contributed by atoms with Crippen LogP contribution in [0.15, 0.2) is 11.1 Å². The van der Waals surface area contributed by atoms with E-state index in [2.05, 4.69) is 6.92 Å². The number of aliphatic carboxylic acids is 1. The molecule has 0 heterocycles. The van der Waals surface area contributed by atoms with Gasteiger partial charge in [-0.25, -0.2) is 4.79 Å². The second-order valence-corrected chi connectivity index (χ2v) is 3.26. The zero-order valence-electron chi connectivity index (χ0n) is 7.05. The quantitative estimate of drug-likeness (QED) is 0.628. The maximum Gasteiger partial charge on any atom is 0.331 e. The normalized spacial score (nSPS) is 25.5. The van der Waals surface area contributed by atoms with Crippen molar-refractivity contribution in [2.45, 2.75) is 33.1 Å². The van der Waals surface area contributed by atoms with Crippen LogP contribution in [0.5, 0.6) is 0 Å². The standard InChI is InChI=1S/C9H14O2/c1-6-4-3-5-8(7(6)2)9(10)11/h6H,3-5H2,1-2H3,(H,10,11). The topological polar surface area (TPSA) is 37.3 Å². The first kappa shape index (κ1) is 8.31. The number of carboxylic acid groups (broad SMARTS) is 1. The minimum absolute atomic E-state index is 0.467. The Morgan fingerprint density at radius 3 is 2.73 bits per heavy atom. The summed E-state index contributed by atoms with van der Waals surface area (Å²) in [5.41, 5.74) is 1.72. The van der Waals surface area contributed by atoms with Crippen molar-refractivity contribution in [2.75, 3.05) is 0 Å². The fourth-order valence-corrected chi connectivity index (χ4v) is 1.57. The fraction of sp³-hybridized carbons (Fsp3) is 0.667. The Morgan fingerprint density at radius 1 is 1.64 bits per heavy atom. The lowest BCUT2D eigenvalue weighted by Crippen LogP contribution is -2.13. The highest BCUT2D eigenvalue weighted by molar-refractivity contribution is 5.87. The number of carboxylic acids is 1. The lowest BCUT2D eigenvalue weighted by molar-refractivity contribution is -0.133. The molecule has 1 N–H and O–H groups in total. The number of hydrogen-bond donors (Lipinski definition) is 1. The Bertz CT molecular complexity index is 204. The Hall–Kier alpha value is -0.790. The molecule has 11 heavy (non-hydrogen) atoms. The van der Waals surface area contributed by atoms with Crippen LogP contribution >= 0.6 is 0 Å². The zero-order valence-corrected chi connectivity index (χ0v) is 7.05. The molecule has 0 aromatic carbocycles. The summed E-state index contributed by atoms with van der Waals surface area (Å²) in [6.07, 6.45) is 2.92. The highest BCUT2D eigenvalue weighted by Crippen LogP contribution is 2.29. The number of rotatable bonds is 1. The molecule has 62 valence electrons. The van der Waals surface area contributed by atoms with Crippen molar-refractivity contribution in [3.8, 4) is 0 Å². The number of carbonyl (C=O) groups is 1. The van der Waals surface area contributed by atoms with Gasteiger partial charge in [-0.15, -0.1) is 0 Å². The average Bonchev–Trinajstić information content (AvgIpc) is 1.94. The molecule has 0 saturated carbocycles. The predicted molar refractivity (Wildman–Crippen MR) is 43.4 cm³/mol. The number of hydrogen-bond acceptors (Lipinski definition) is 1. The van der Waals surface area contributed by atoms with Gasteiger partial charge in [0.1, 0.15) is 0 Å². The van der Waals surface area contributed by atoms with E-state index in [1.54, 1.807) is 0 Å². The van der Waals surface area contributed by atoms with Crippen molar-refractivity contribution in [2.24, 2.45) is 5.92 Å². The van der Waals surface area contributed by atoms with Gasteiger partial charge in [-0.1, -0.05) is 12.5 Å². The summed E-state index contributed by atoms with van der Waals surface area (Å²) in [5.74, 6) is -0.260. The van der Waals surface area contributed by atoms with Crippen LogP contribution in [-0.4, -0.2) is 11.1 Å². The summed E-state index contributed by atoms with van der Waals surface area (Å²) in [6, 6.07) is 0. The molecule has 0 aromatic rings. The number of allylic oxidation sites excluding steroid dienone is 1. The largest absolute Gasteiger partial charge is 0.478 e. The molecule has 1 aliphatic rings. The van der Waals surface area contributed by atoms with Crippen molar-refractivity contribution in [3.05, 3.63) is 11.1 Å². The molecule has 1 rings (SSSR count). The summed E-state index contributed by atoms with van der Waals surface area (Å²) in [5, 5.41) is 8.77. The van der Waals surface area contributed by atoms with Gasteiger partial charge in [-0.2, -0.15) is 0 Å². The molecule has 0 fully saturated rings. The van der Waals surface area contributed by atoms with Crippen molar-refractivity contribution in [1.29, 1.82) is 0 Å². The van der Waals surface area contributed by atoms with Crippen LogP contribution in [0.3, 0.4) is 0 Å². The second kappa shape index (κ2) is 3.07. The summed E-state index contributed by atoms with van der Waals surface area (Å²) in [4.78, 5) is 10.7. The van der Waals surface area contributed by atoms with Crippen LogP contribution in [-0.2, 0) is 4.79 Å². The monoisotopic (exact) mass is 154 g/mol. The van der Waals surface area contributed by atoms with E-state index in [1.807, 2.05) is 6.92 Å². The van der Waals surface area contributed by atoms with Gasteiger partial charge in [0.2, 0.25) is 0 Å². The third kappa shape index (κ3) is 1.62. The van der Waals surface area contributed by atoms with Crippen molar-refractivity contribution >= 4 is 5.97 Å². The molecular weight excluding hydrogens is 140 g/mol. The van der Waals surface area contributed by atoms with Gasteiger partial charge in [0.15, 0.2) is 0 Å². The maximum atomic E-state index is 10.7. The third-order valence-electron chi connectivity index (χ3n) is 2.54. The Morgan fingerprint density at radius 2 is 2.27 bits per heavy atom. The zero-order chi connectivity index (χ0) is 8.43. The van der Waals surface area contributed by atoms with Crippen molar-refractivity contribution < 1.29 is 9.90 Å². The highest BCUT2D eigenvalue weighted by atomic mass is 16.4. The maximum absolute atomic E-state index is 10.7. The molecule has 1 aliphatic carbocycles. The molecule has 0 radical (unpaired) electrons. The van der Waals surface area contributed by atoms with Crippen LogP contribution in [0.2, 0.25) is 0 Å². The third-order valence-corrected chi connectivity index (χ3v) is 2.54. The van der Waals surface area contributed by atoms with E-state index >= 15 is 0 Å². The molecule has 1 atom stereocenters. The van der Waals surface area contributed by atoms with E-state index in [0.717, 1.165) is 24.8 Å². The molecule has 0 saturated heterocycles. The minimum atomic E-state index is -0.728. The Labute approximate surface area is 66.9 Å². The lowest BCUT2D eigenvalue weighted by Gasteiger charge is -2.20. The first-order chi connectivity index (χ1) is 5.13. The minimum Gasteiger partial charge on any atom is -0.478 e. The van der Waals surface area contributed by atoms with E-state index in [9.17, 15) is 4.79 Å². The molecule has 2 nitrogen and oxygen atoms in total. The van der Waals surface area contributed by atoms with Gasteiger partial charge in [0.05, 0.1) is 0 Å². The lowest BCUT2D eigenvalue weighted by atomic mass is 9.85. The van der Waals surface area contributed by atoms with Crippen LogP contribution < -0.4 is 0 Å². The van der Waals surface area contributed by atoms with Gasteiger partial charge < -0.3 is 5.11 Å². The summed E-state index contributed by atoms with van der Waals surface area (Å²) in [7, 11) is 0. The van der Waals surface area contributed by atoms with E-state index < -0.39 is 5.97 Å². The first-order valence-corrected chi connectivity index (χ1v) is 4.06. The molecule has 2 heteroatoms. The molecule has 0 aromatic heterocycles. The van der Waals surface area contributed by atoms with Gasteiger partial charge in [-0.05, 0) is 32.1 Å². The van der Waals surface area contributed by atoms with Crippen LogP contribution in [0.25, 0.3) is 0 Å². The second-order valence-electron chi connectivity index (χ2n) is 3.26. The first-order valence-electron chi connectivity index (χ1n) is 4.06. The average molecular weight is 154 g/mol. The van der Waals surface area contributed by atoms with Gasteiger partial charge in [-0.3, -0.25) is 0 Å². The SMILES string of the molecule is CC1=C(C(=O)O)CCCC1C. The molecule has 0 aliphatic heterocycles. The Balaban J connectivity index is 2.89. The van der Waals surface area contributed by atoms with Gasteiger partial charge in [0, 0.05) is 5.57 Å². The molecule has 0 bridgehead atoms. The Kier molecular flexibility index (Phi) is 2.32. The van der Waals surface area contributed by atoms with Crippen molar-refractivity contribution in [3.63, 3.8) is 0 Å². The fourth-order valence-electron chi connectivity index (χ4n) is 1.57. The van der Waals surface area contributed by atoms with Gasteiger partial charge >= 0.3 is 5.97 Å². The smallest absolute Gasteiger partial charge is 0.331 e. The molecule has 1 unspecified atom stereocenters. The molecule has 0 spiro atoms. The van der Waals surface area contributed by atoms with E-state index in [-0.39, 0.29) is 0 Å². The summed E-state index contributed by atoms with van der Waals surface area (Å²) >= 11 is 0. The van der Waals surface area contributed by atoms with Crippen molar-refractivity contribution in [1.82, 2.24) is 0 Å². The van der Waals surface area contributed by atoms with Crippen LogP contribution in [0.1, 0.15) is 33.1 Å². The molecular formula is C9H14O2. The van der Waals surface area contributed by atoms with Gasteiger partial charge in [0.25, 0.3) is 0 Å². The van der Waals surface area contributed by atoms with Crippen LogP contribution in [0.4, 0.5) is 0 Å².